The van der Waals surface area contributed by atoms with Gasteiger partial charge in [-0.25, -0.2) is 13.4 Å². The van der Waals surface area contributed by atoms with Gasteiger partial charge in [0.15, 0.2) is 0 Å². The van der Waals surface area contributed by atoms with Gasteiger partial charge in [-0.05, 0) is 31.5 Å². The van der Waals surface area contributed by atoms with Crippen LogP contribution in [0.2, 0.25) is 0 Å². The molecule has 7 heteroatoms. The minimum absolute atomic E-state index is 0.0693. The summed E-state index contributed by atoms with van der Waals surface area (Å²) in [6.45, 7) is 3.27. The number of hydrogen-bond acceptors (Lipinski definition) is 4. The van der Waals surface area contributed by atoms with E-state index < -0.39 is 15.3 Å². The lowest BCUT2D eigenvalue weighted by Crippen LogP contribution is -2.35. The van der Waals surface area contributed by atoms with E-state index in [-0.39, 0.29) is 10.8 Å². The minimum Gasteiger partial charge on any atom is -0.392 e. The highest BCUT2D eigenvalue weighted by Gasteiger charge is 2.23. The average Bonchev–Trinajstić information content (AvgIpc) is 2.15. The van der Waals surface area contributed by atoms with Crippen molar-refractivity contribution < 1.29 is 8.42 Å². The van der Waals surface area contributed by atoms with Gasteiger partial charge < -0.3 is 5.73 Å². The van der Waals surface area contributed by atoms with Gasteiger partial charge in [0.2, 0.25) is 10.0 Å². The lowest BCUT2D eigenvalue weighted by molar-refractivity contribution is 0.598. The number of thiocarbonyl (C=S) groups is 1. The summed E-state index contributed by atoms with van der Waals surface area (Å²) in [7, 11) is -3.61. The quantitative estimate of drug-likeness (QED) is 0.781. The molecule has 1 atom stereocenters. The van der Waals surface area contributed by atoms with Crippen LogP contribution in [0.3, 0.4) is 0 Å². The number of pyridine rings is 1. The Morgan fingerprint density at radius 3 is 2.75 bits per heavy atom. The summed E-state index contributed by atoms with van der Waals surface area (Å²) in [6, 6.07) is 3.40. The van der Waals surface area contributed by atoms with E-state index >= 15 is 0 Å². The third-order valence-electron chi connectivity index (χ3n) is 2.03. The number of nitrogens with one attached hydrogen (secondary N) is 1. The molecule has 0 aliphatic rings. The second kappa shape index (κ2) is 4.75. The molecule has 1 rings (SSSR count). The molecule has 1 unspecified atom stereocenters. The molecular weight excluding hydrogens is 246 g/mol. The van der Waals surface area contributed by atoms with Crippen LogP contribution in [0.5, 0.6) is 0 Å². The predicted octanol–water partition coefficient (Wildman–Crippen LogP) is 0.806. The number of sulfonamides is 1. The van der Waals surface area contributed by atoms with E-state index in [1.54, 1.807) is 12.1 Å². The normalized spacial score (nSPS) is 13.1. The molecule has 0 radical (unpaired) electrons. The van der Waals surface area contributed by atoms with E-state index in [4.69, 9.17) is 5.73 Å². The van der Waals surface area contributed by atoms with E-state index in [9.17, 15) is 8.42 Å². The van der Waals surface area contributed by atoms with Crippen molar-refractivity contribution in [3.8, 4) is 0 Å². The molecule has 0 saturated heterocycles. The van der Waals surface area contributed by atoms with Crippen molar-refractivity contribution in [1.82, 2.24) is 4.98 Å². The fourth-order valence-electron chi connectivity index (χ4n) is 0.979. The van der Waals surface area contributed by atoms with E-state index in [1.165, 1.54) is 13.1 Å². The van der Waals surface area contributed by atoms with Gasteiger partial charge in [-0.3, -0.25) is 4.72 Å². The molecule has 1 heterocycles. The Kier molecular flexibility index (Phi) is 3.82. The Morgan fingerprint density at radius 2 is 2.25 bits per heavy atom. The van der Waals surface area contributed by atoms with Gasteiger partial charge in [0.25, 0.3) is 0 Å². The first kappa shape index (κ1) is 12.9. The molecular formula is C9H13N3O2S2. The van der Waals surface area contributed by atoms with Crippen molar-refractivity contribution in [3.63, 3.8) is 0 Å². The SMILES string of the molecule is Cc1ccnc(NS(=O)(=O)C(C)C(N)=S)c1. The zero-order valence-corrected chi connectivity index (χ0v) is 10.6. The summed E-state index contributed by atoms with van der Waals surface area (Å²) < 4.78 is 25.8. The van der Waals surface area contributed by atoms with E-state index in [2.05, 4.69) is 21.9 Å². The summed E-state index contributed by atoms with van der Waals surface area (Å²) in [5.74, 6) is 0.267. The summed E-state index contributed by atoms with van der Waals surface area (Å²) >= 11 is 4.65. The average molecular weight is 259 g/mol. The largest absolute Gasteiger partial charge is 0.392 e. The fourth-order valence-corrected chi connectivity index (χ4v) is 2.24. The van der Waals surface area contributed by atoms with Crippen molar-refractivity contribution in [2.45, 2.75) is 19.1 Å². The van der Waals surface area contributed by atoms with Gasteiger partial charge in [-0.15, -0.1) is 0 Å². The fraction of sp³-hybridized carbons (Fsp3) is 0.333. The van der Waals surface area contributed by atoms with Crippen LogP contribution in [0.25, 0.3) is 0 Å². The molecule has 0 amide bonds. The van der Waals surface area contributed by atoms with Crippen LogP contribution >= 0.6 is 12.2 Å². The van der Waals surface area contributed by atoms with E-state index in [0.717, 1.165) is 5.56 Å². The van der Waals surface area contributed by atoms with Crippen LogP contribution in [-0.2, 0) is 10.0 Å². The number of hydrogen-bond donors (Lipinski definition) is 2. The van der Waals surface area contributed by atoms with Crippen LogP contribution in [0.4, 0.5) is 5.82 Å². The lowest BCUT2D eigenvalue weighted by Gasteiger charge is -2.12. The maximum Gasteiger partial charge on any atom is 0.243 e. The maximum atomic E-state index is 11.7. The van der Waals surface area contributed by atoms with Crippen LogP contribution in [0, 0.1) is 6.92 Å². The molecule has 0 saturated carbocycles. The van der Waals surface area contributed by atoms with Gasteiger partial charge in [-0.1, -0.05) is 12.2 Å². The molecule has 0 fully saturated rings. The topological polar surface area (TPSA) is 85.1 Å². The molecule has 0 aliphatic carbocycles. The molecule has 1 aromatic heterocycles. The molecule has 16 heavy (non-hydrogen) atoms. The van der Waals surface area contributed by atoms with Gasteiger partial charge in [-0.2, -0.15) is 0 Å². The second-order valence-corrected chi connectivity index (χ2v) is 5.88. The van der Waals surface area contributed by atoms with Gasteiger partial charge in [0.05, 0.1) is 4.99 Å². The number of aromatic nitrogens is 1. The summed E-state index contributed by atoms with van der Waals surface area (Å²) in [5.41, 5.74) is 6.21. The highest BCUT2D eigenvalue weighted by molar-refractivity contribution is 7.95. The van der Waals surface area contributed by atoms with E-state index in [1.807, 2.05) is 6.92 Å². The third kappa shape index (κ3) is 3.14. The third-order valence-corrected chi connectivity index (χ3v) is 4.21. The number of nitrogens with two attached hydrogens (primary N) is 1. The monoisotopic (exact) mass is 259 g/mol. The highest BCUT2D eigenvalue weighted by atomic mass is 32.2. The lowest BCUT2D eigenvalue weighted by atomic mass is 10.3. The minimum atomic E-state index is -3.61. The maximum absolute atomic E-state index is 11.7. The van der Waals surface area contributed by atoms with Gasteiger partial charge in [0.1, 0.15) is 11.1 Å². The standard InChI is InChI=1S/C9H13N3O2S2/c1-6-3-4-11-8(5-6)12-16(13,14)7(2)9(10)15/h3-5,7H,1-2H3,(H2,10,15)(H,11,12). The number of nitrogens with zero attached hydrogens (tertiary/aromatic N) is 1. The summed E-state index contributed by atoms with van der Waals surface area (Å²) in [5, 5.41) is -0.926. The Hall–Kier alpha value is -1.21. The van der Waals surface area contributed by atoms with E-state index in [0.29, 0.717) is 0 Å². The molecule has 1 aromatic rings. The van der Waals surface area contributed by atoms with Gasteiger partial charge in [0, 0.05) is 6.20 Å². The number of aryl methyl sites for hydroxylation is 1. The number of anilines is 1. The molecule has 88 valence electrons. The Balaban J connectivity index is 2.93. The van der Waals surface area contributed by atoms with Crippen molar-refractivity contribution in [2.24, 2.45) is 5.73 Å². The zero-order chi connectivity index (χ0) is 12.3. The van der Waals surface area contributed by atoms with Crippen molar-refractivity contribution in [2.75, 3.05) is 4.72 Å². The van der Waals surface area contributed by atoms with Crippen molar-refractivity contribution in [3.05, 3.63) is 23.9 Å². The van der Waals surface area contributed by atoms with Crippen LogP contribution in [-0.4, -0.2) is 23.6 Å². The van der Waals surface area contributed by atoms with Crippen molar-refractivity contribution in [1.29, 1.82) is 0 Å². The highest BCUT2D eigenvalue weighted by Crippen LogP contribution is 2.10. The predicted molar refractivity (Wildman–Crippen MR) is 67.8 cm³/mol. The van der Waals surface area contributed by atoms with Gasteiger partial charge >= 0.3 is 0 Å². The molecule has 0 bridgehead atoms. The first-order chi connectivity index (χ1) is 7.33. The van der Waals surface area contributed by atoms with Crippen LogP contribution < -0.4 is 10.5 Å². The Bertz CT molecular complexity index is 499. The first-order valence-corrected chi connectivity index (χ1v) is 6.52. The zero-order valence-electron chi connectivity index (χ0n) is 8.97. The van der Waals surface area contributed by atoms with Crippen LogP contribution in [0.15, 0.2) is 18.3 Å². The Labute approximate surface area is 100 Å². The number of rotatable bonds is 4. The van der Waals surface area contributed by atoms with Crippen molar-refractivity contribution >= 4 is 33.0 Å². The molecule has 3 N–H and O–H groups in total. The molecule has 0 aromatic carbocycles. The van der Waals surface area contributed by atoms with Crippen LogP contribution in [0.1, 0.15) is 12.5 Å². The summed E-state index contributed by atoms with van der Waals surface area (Å²) in [4.78, 5) is 3.82. The first-order valence-electron chi connectivity index (χ1n) is 4.56. The molecule has 5 nitrogen and oxygen atoms in total. The summed E-state index contributed by atoms with van der Waals surface area (Å²) in [6.07, 6.45) is 1.53. The second-order valence-electron chi connectivity index (χ2n) is 3.41. The Morgan fingerprint density at radius 1 is 1.62 bits per heavy atom. The smallest absolute Gasteiger partial charge is 0.243 e. The molecule has 0 aliphatic heterocycles. The molecule has 0 spiro atoms.